The first-order valence-corrected chi connectivity index (χ1v) is 4.44. The van der Waals surface area contributed by atoms with Crippen LogP contribution < -0.4 is 5.73 Å². The van der Waals surface area contributed by atoms with Crippen LogP contribution >= 0.6 is 11.5 Å². The fraction of sp³-hybridized carbons (Fsp3) is 0.333. The number of methoxy groups -OCH3 is 1. The van der Waals surface area contributed by atoms with Crippen LogP contribution in [-0.2, 0) is 14.4 Å². The molecule has 0 aliphatic carbocycles. The molecule has 0 spiro atoms. The highest BCUT2D eigenvalue weighted by atomic mass is 32.1. The minimum absolute atomic E-state index is 0.0823. The fourth-order valence-electron chi connectivity index (χ4n) is 0.651. The third kappa shape index (κ3) is 3.14. The molecule has 0 aliphatic heterocycles. The summed E-state index contributed by atoms with van der Waals surface area (Å²) in [5.41, 5.74) is 4.89. The van der Waals surface area contributed by atoms with Crippen LogP contribution in [0.15, 0.2) is 5.16 Å². The molecule has 3 N–H and O–H groups in total. The molecule has 15 heavy (non-hydrogen) atoms. The second-order valence-electron chi connectivity index (χ2n) is 2.24. The van der Waals surface area contributed by atoms with Gasteiger partial charge in [0, 0.05) is 18.6 Å². The van der Waals surface area contributed by atoms with Gasteiger partial charge in [-0.3, -0.25) is 0 Å². The number of nitrogen functional groups attached to an aromatic ring is 1. The lowest BCUT2D eigenvalue weighted by Crippen LogP contribution is -2.17. The Kier molecular flexibility index (Phi) is 3.94. The van der Waals surface area contributed by atoms with E-state index < -0.39 is 11.7 Å². The molecule has 0 unspecified atom stereocenters. The Bertz CT molecular complexity index is 377. The molecule has 0 saturated carbocycles. The lowest BCUT2D eigenvalue weighted by Gasteiger charge is -1.97. The van der Waals surface area contributed by atoms with Crippen LogP contribution in [0.4, 0.5) is 5.13 Å². The van der Waals surface area contributed by atoms with E-state index in [9.17, 15) is 4.79 Å². The molecule has 0 aromatic carbocycles. The number of carboxylic acid groups (broad SMARTS) is 1. The minimum atomic E-state index is -1.30. The maximum Gasteiger partial charge on any atom is 0.362 e. The van der Waals surface area contributed by atoms with E-state index in [1.54, 1.807) is 0 Å². The van der Waals surface area contributed by atoms with Gasteiger partial charge in [-0.15, -0.1) is 0 Å². The van der Waals surface area contributed by atoms with E-state index in [2.05, 4.69) is 24.1 Å². The number of nitrogens with two attached hydrogens (primary N) is 1. The predicted molar refractivity (Wildman–Crippen MR) is 51.5 cm³/mol. The van der Waals surface area contributed by atoms with Crippen LogP contribution in [0.2, 0.25) is 0 Å². The topological polar surface area (TPSA) is 120 Å². The van der Waals surface area contributed by atoms with E-state index in [-0.39, 0.29) is 17.7 Å². The Balaban J connectivity index is 2.83. The second-order valence-corrected chi connectivity index (χ2v) is 3.02. The molecule has 0 aliphatic rings. The van der Waals surface area contributed by atoms with Crippen molar-refractivity contribution in [3.8, 4) is 0 Å². The average Bonchev–Trinajstić information content (AvgIpc) is 2.59. The van der Waals surface area contributed by atoms with E-state index in [0.717, 1.165) is 11.5 Å². The molecule has 1 aromatic heterocycles. The Morgan fingerprint density at radius 2 is 2.47 bits per heavy atom. The van der Waals surface area contributed by atoms with Crippen molar-refractivity contribution in [2.75, 3.05) is 19.6 Å². The summed E-state index contributed by atoms with van der Waals surface area (Å²) in [7, 11) is 1.38. The van der Waals surface area contributed by atoms with Gasteiger partial charge in [0.1, 0.15) is 0 Å². The van der Waals surface area contributed by atoms with Crippen LogP contribution in [-0.4, -0.2) is 40.0 Å². The van der Waals surface area contributed by atoms with Crippen molar-refractivity contribution in [3.05, 3.63) is 5.82 Å². The van der Waals surface area contributed by atoms with Crippen molar-refractivity contribution in [1.82, 2.24) is 9.36 Å². The number of hydrogen-bond donors (Lipinski definition) is 2. The molecular formula is C6H8N4O4S. The minimum Gasteiger partial charge on any atom is -0.476 e. The summed E-state index contributed by atoms with van der Waals surface area (Å²) in [4.78, 5) is 18.9. The van der Waals surface area contributed by atoms with Gasteiger partial charge in [-0.25, -0.2) is 4.79 Å². The number of anilines is 1. The van der Waals surface area contributed by atoms with Crippen molar-refractivity contribution < 1.29 is 19.5 Å². The molecule has 0 atom stereocenters. The number of carbonyl (C=O) groups is 1. The van der Waals surface area contributed by atoms with Gasteiger partial charge in [0.05, 0.1) is 0 Å². The zero-order chi connectivity index (χ0) is 11.3. The third-order valence-electron chi connectivity index (χ3n) is 1.18. The lowest BCUT2D eigenvalue weighted by atomic mass is 10.4. The summed E-state index contributed by atoms with van der Waals surface area (Å²) in [6.45, 7) is -0.156. The van der Waals surface area contributed by atoms with E-state index >= 15 is 0 Å². The Morgan fingerprint density at radius 1 is 1.73 bits per heavy atom. The van der Waals surface area contributed by atoms with E-state index in [4.69, 9.17) is 10.8 Å². The van der Waals surface area contributed by atoms with Crippen molar-refractivity contribution in [2.24, 2.45) is 5.16 Å². The maximum absolute atomic E-state index is 10.7. The van der Waals surface area contributed by atoms with Crippen LogP contribution in [0.25, 0.3) is 0 Å². The normalized spacial score (nSPS) is 11.4. The standard InChI is InChI=1S/C6H8N4O4S/c1-13-2-14-9-3(5(11)12)4-8-6(7)15-10-4/h2H2,1H3,(H,11,12)(H2,7,8,10)/b9-3-. The third-order valence-corrected chi connectivity index (χ3v) is 1.73. The summed E-state index contributed by atoms with van der Waals surface area (Å²) in [5, 5.41) is 12.2. The predicted octanol–water partition coefficient (Wildman–Crippen LogP) is -0.470. The monoisotopic (exact) mass is 232 g/mol. The zero-order valence-electron chi connectivity index (χ0n) is 7.71. The van der Waals surface area contributed by atoms with Crippen molar-refractivity contribution in [1.29, 1.82) is 0 Å². The van der Waals surface area contributed by atoms with Gasteiger partial charge in [-0.2, -0.15) is 9.36 Å². The first-order valence-electron chi connectivity index (χ1n) is 3.67. The van der Waals surface area contributed by atoms with Gasteiger partial charge in [-0.05, 0) is 0 Å². The van der Waals surface area contributed by atoms with Gasteiger partial charge < -0.3 is 20.4 Å². The number of rotatable bonds is 5. The molecule has 1 rings (SSSR count). The molecule has 0 bridgehead atoms. The highest BCUT2D eigenvalue weighted by Gasteiger charge is 2.18. The summed E-state index contributed by atoms with van der Waals surface area (Å²) < 4.78 is 8.22. The van der Waals surface area contributed by atoms with Crippen molar-refractivity contribution in [3.63, 3.8) is 0 Å². The highest BCUT2D eigenvalue weighted by molar-refractivity contribution is 7.09. The number of ether oxygens (including phenoxy) is 1. The van der Waals surface area contributed by atoms with Crippen LogP contribution in [0.5, 0.6) is 0 Å². The summed E-state index contributed by atoms with van der Waals surface area (Å²) in [6, 6.07) is 0. The van der Waals surface area contributed by atoms with E-state index in [1.807, 2.05) is 0 Å². The maximum atomic E-state index is 10.7. The molecule has 0 saturated heterocycles. The molecule has 82 valence electrons. The largest absolute Gasteiger partial charge is 0.476 e. The molecule has 9 heteroatoms. The van der Waals surface area contributed by atoms with E-state index in [1.165, 1.54) is 7.11 Å². The molecule has 1 aromatic rings. The van der Waals surface area contributed by atoms with E-state index in [0.29, 0.717) is 0 Å². The smallest absolute Gasteiger partial charge is 0.362 e. The fourth-order valence-corrected chi connectivity index (χ4v) is 1.09. The Morgan fingerprint density at radius 3 is 2.93 bits per heavy atom. The van der Waals surface area contributed by atoms with Gasteiger partial charge in [0.2, 0.25) is 18.3 Å². The highest BCUT2D eigenvalue weighted by Crippen LogP contribution is 2.07. The molecule has 0 fully saturated rings. The first-order chi connectivity index (χ1) is 7.15. The molecule has 0 amide bonds. The number of aliphatic carboxylic acids is 1. The van der Waals surface area contributed by atoms with Gasteiger partial charge in [0.25, 0.3) is 0 Å². The molecule has 1 heterocycles. The lowest BCUT2D eigenvalue weighted by molar-refractivity contribution is -0.129. The van der Waals surface area contributed by atoms with Crippen molar-refractivity contribution >= 4 is 28.3 Å². The Hall–Kier alpha value is -1.74. The number of carboxylic acids is 1. The van der Waals surface area contributed by atoms with Crippen LogP contribution in [0, 0.1) is 0 Å². The van der Waals surface area contributed by atoms with Gasteiger partial charge in [-0.1, -0.05) is 5.16 Å². The average molecular weight is 232 g/mol. The molecule has 0 radical (unpaired) electrons. The number of hydrogen-bond acceptors (Lipinski definition) is 8. The van der Waals surface area contributed by atoms with Gasteiger partial charge >= 0.3 is 5.97 Å². The molecule has 8 nitrogen and oxygen atoms in total. The van der Waals surface area contributed by atoms with Crippen LogP contribution in [0.1, 0.15) is 5.82 Å². The van der Waals surface area contributed by atoms with Crippen LogP contribution in [0.3, 0.4) is 0 Å². The number of aromatic nitrogens is 2. The molecular weight excluding hydrogens is 224 g/mol. The first kappa shape index (κ1) is 11.3. The summed E-state index contributed by atoms with van der Waals surface area (Å²) in [6.07, 6.45) is 0. The van der Waals surface area contributed by atoms with Crippen molar-refractivity contribution in [2.45, 2.75) is 0 Å². The summed E-state index contributed by atoms with van der Waals surface area (Å²) >= 11 is 0.875. The SMILES string of the molecule is COCO/N=C(\C(=O)O)c1nsc(N)n1. The number of oxime groups is 1. The summed E-state index contributed by atoms with van der Waals surface area (Å²) in [5.74, 6) is -1.38. The number of nitrogens with zero attached hydrogens (tertiary/aromatic N) is 3. The quantitative estimate of drug-likeness (QED) is 0.304. The second kappa shape index (κ2) is 5.22. The Labute approximate surface area is 88.5 Å². The zero-order valence-corrected chi connectivity index (χ0v) is 8.52. The van der Waals surface area contributed by atoms with Gasteiger partial charge in [0.15, 0.2) is 5.13 Å².